The molecule has 4 rings (SSSR count). The quantitative estimate of drug-likeness (QED) is 0.429. The predicted octanol–water partition coefficient (Wildman–Crippen LogP) is 4.14. The summed E-state index contributed by atoms with van der Waals surface area (Å²) in [6, 6.07) is 8.99. The summed E-state index contributed by atoms with van der Waals surface area (Å²) in [4.78, 5) is 43.1. The molecule has 0 saturated carbocycles. The summed E-state index contributed by atoms with van der Waals surface area (Å²) in [6.45, 7) is 3.48. The number of para-hydroxylation sites is 1. The monoisotopic (exact) mass is 478 g/mol. The van der Waals surface area contributed by atoms with Gasteiger partial charge >= 0.3 is 11.9 Å². The summed E-state index contributed by atoms with van der Waals surface area (Å²) in [5.41, 5.74) is 3.68. The molecule has 34 heavy (non-hydrogen) atoms. The maximum Gasteiger partial charge on any atom is 0.348 e. The molecular formula is C24H22N4O5S. The number of methoxy groups -OCH3 is 2. The van der Waals surface area contributed by atoms with Crippen LogP contribution in [0.5, 0.6) is 0 Å². The van der Waals surface area contributed by atoms with Crippen molar-refractivity contribution in [2.75, 3.05) is 19.5 Å². The third kappa shape index (κ3) is 4.03. The number of aryl methyl sites for hydroxylation is 2. The van der Waals surface area contributed by atoms with E-state index in [1.165, 1.54) is 14.2 Å². The normalized spacial score (nSPS) is 10.9. The third-order valence-corrected chi connectivity index (χ3v) is 6.57. The zero-order chi connectivity index (χ0) is 24.6. The van der Waals surface area contributed by atoms with E-state index in [0.29, 0.717) is 27.7 Å². The average Bonchev–Trinajstić information content (AvgIpc) is 3.34. The number of hydrogen-bond donors (Lipinski definition) is 1. The third-order valence-electron chi connectivity index (χ3n) is 5.38. The Kier molecular flexibility index (Phi) is 6.16. The molecule has 10 heteroatoms. The number of fused-ring (bicyclic) bond motifs is 1. The van der Waals surface area contributed by atoms with Crippen LogP contribution in [-0.2, 0) is 16.5 Å². The van der Waals surface area contributed by atoms with Gasteiger partial charge in [0.1, 0.15) is 9.88 Å². The van der Waals surface area contributed by atoms with Crippen molar-refractivity contribution in [2.24, 2.45) is 7.05 Å². The summed E-state index contributed by atoms with van der Waals surface area (Å²) < 4.78 is 11.4. The fourth-order valence-corrected chi connectivity index (χ4v) is 4.87. The molecule has 0 unspecified atom stereocenters. The molecule has 0 aliphatic heterocycles. The molecule has 0 fully saturated rings. The highest BCUT2D eigenvalue weighted by molar-refractivity contribution is 7.18. The van der Waals surface area contributed by atoms with Gasteiger partial charge in [-0.15, -0.1) is 11.3 Å². The maximum atomic E-state index is 13.5. The number of thiophene rings is 1. The van der Waals surface area contributed by atoms with Crippen LogP contribution in [0.2, 0.25) is 0 Å². The van der Waals surface area contributed by atoms with E-state index >= 15 is 0 Å². The molecular weight excluding hydrogens is 456 g/mol. The number of anilines is 1. The Morgan fingerprint density at radius 1 is 1.06 bits per heavy atom. The number of nitrogens with one attached hydrogen (secondary N) is 1. The van der Waals surface area contributed by atoms with Gasteiger partial charge in [-0.1, -0.05) is 18.2 Å². The number of ether oxygens (including phenoxy) is 2. The van der Waals surface area contributed by atoms with Gasteiger partial charge in [0.15, 0.2) is 0 Å². The minimum Gasteiger partial charge on any atom is -0.465 e. The van der Waals surface area contributed by atoms with Crippen molar-refractivity contribution >= 4 is 45.1 Å². The zero-order valence-corrected chi connectivity index (χ0v) is 20.1. The van der Waals surface area contributed by atoms with Gasteiger partial charge in [0.05, 0.1) is 42.3 Å². The van der Waals surface area contributed by atoms with E-state index < -0.39 is 17.8 Å². The van der Waals surface area contributed by atoms with Crippen LogP contribution >= 0.6 is 11.3 Å². The van der Waals surface area contributed by atoms with Crippen molar-refractivity contribution in [1.82, 2.24) is 14.8 Å². The van der Waals surface area contributed by atoms with E-state index in [4.69, 9.17) is 14.5 Å². The van der Waals surface area contributed by atoms with Gasteiger partial charge in [0.2, 0.25) is 0 Å². The van der Waals surface area contributed by atoms with Crippen LogP contribution in [0.3, 0.4) is 0 Å². The summed E-state index contributed by atoms with van der Waals surface area (Å²) >= 11 is 0.961. The molecule has 0 radical (unpaired) electrons. The zero-order valence-electron chi connectivity index (χ0n) is 19.3. The number of esters is 2. The highest BCUT2D eigenvalue weighted by Crippen LogP contribution is 2.35. The van der Waals surface area contributed by atoms with Crippen molar-refractivity contribution < 1.29 is 23.9 Å². The van der Waals surface area contributed by atoms with E-state index in [-0.39, 0.29) is 15.4 Å². The van der Waals surface area contributed by atoms with Crippen LogP contribution in [0, 0.1) is 13.8 Å². The van der Waals surface area contributed by atoms with E-state index in [2.05, 4.69) is 10.4 Å². The molecule has 1 amide bonds. The summed E-state index contributed by atoms with van der Waals surface area (Å²) in [6.07, 6.45) is 1.84. The van der Waals surface area contributed by atoms with Gasteiger partial charge in [0.25, 0.3) is 5.91 Å². The lowest BCUT2D eigenvalue weighted by atomic mass is 10.0. The standard InChI is InChI=1S/C24H22N4O5S/c1-12-19(23(30)32-4)22(34-20(12)24(31)33-5)26-21(29)15-10-18(16-11-28(3)27-13(16)2)25-17-9-7-6-8-14(15)17/h6-11H,1-5H3,(H,26,29). The molecule has 0 aliphatic rings. The van der Waals surface area contributed by atoms with Gasteiger partial charge in [-0.3, -0.25) is 9.48 Å². The number of carbonyl (C=O) groups is 3. The SMILES string of the molecule is COC(=O)c1sc(NC(=O)c2cc(-c3cn(C)nc3C)nc3ccccc23)c(C(=O)OC)c1C. The lowest BCUT2D eigenvalue weighted by Crippen LogP contribution is -2.15. The Hall–Kier alpha value is -4.05. The maximum absolute atomic E-state index is 13.5. The van der Waals surface area contributed by atoms with E-state index in [9.17, 15) is 14.4 Å². The summed E-state index contributed by atoms with van der Waals surface area (Å²) in [5, 5.41) is 8.01. The van der Waals surface area contributed by atoms with E-state index in [1.807, 2.05) is 38.4 Å². The largest absolute Gasteiger partial charge is 0.465 e. The Labute approximate surface area is 199 Å². The lowest BCUT2D eigenvalue weighted by Gasteiger charge is -2.10. The highest BCUT2D eigenvalue weighted by atomic mass is 32.1. The Morgan fingerprint density at radius 2 is 1.76 bits per heavy atom. The Balaban J connectivity index is 1.83. The molecule has 3 heterocycles. The number of benzene rings is 1. The number of nitrogens with zero attached hydrogens (tertiary/aromatic N) is 3. The molecule has 0 atom stereocenters. The van der Waals surface area contributed by atoms with Crippen LogP contribution in [0.15, 0.2) is 36.5 Å². The van der Waals surface area contributed by atoms with Crippen LogP contribution in [0.1, 0.15) is 41.6 Å². The first-order valence-electron chi connectivity index (χ1n) is 10.3. The first kappa shape index (κ1) is 23.1. The molecule has 3 aromatic heterocycles. The van der Waals surface area contributed by atoms with Crippen molar-refractivity contribution in [3.05, 3.63) is 63.8 Å². The number of rotatable bonds is 5. The molecule has 0 saturated heterocycles. The van der Waals surface area contributed by atoms with Crippen LogP contribution in [0.25, 0.3) is 22.2 Å². The van der Waals surface area contributed by atoms with E-state index in [0.717, 1.165) is 22.6 Å². The van der Waals surface area contributed by atoms with Gasteiger partial charge in [-0.05, 0) is 31.5 Å². The number of pyridine rings is 1. The molecule has 0 bridgehead atoms. The highest BCUT2D eigenvalue weighted by Gasteiger charge is 2.27. The smallest absolute Gasteiger partial charge is 0.348 e. The number of carbonyl (C=O) groups excluding carboxylic acids is 3. The Morgan fingerprint density at radius 3 is 2.41 bits per heavy atom. The topological polar surface area (TPSA) is 112 Å². The molecule has 0 aliphatic carbocycles. The summed E-state index contributed by atoms with van der Waals surface area (Å²) in [5.74, 6) is -1.72. The fraction of sp³-hybridized carbons (Fsp3) is 0.208. The van der Waals surface area contributed by atoms with Gasteiger partial charge < -0.3 is 14.8 Å². The molecule has 1 aromatic carbocycles. The predicted molar refractivity (Wildman–Crippen MR) is 128 cm³/mol. The molecule has 174 valence electrons. The first-order chi connectivity index (χ1) is 16.2. The second-order valence-corrected chi connectivity index (χ2v) is 8.59. The van der Waals surface area contributed by atoms with Gasteiger partial charge in [0, 0.05) is 24.2 Å². The van der Waals surface area contributed by atoms with Gasteiger partial charge in [-0.2, -0.15) is 5.10 Å². The molecule has 4 aromatic rings. The first-order valence-corrected chi connectivity index (χ1v) is 11.1. The van der Waals surface area contributed by atoms with E-state index in [1.54, 1.807) is 23.7 Å². The second-order valence-electron chi connectivity index (χ2n) is 7.57. The fourth-order valence-electron chi connectivity index (χ4n) is 3.76. The molecule has 1 N–H and O–H groups in total. The van der Waals surface area contributed by atoms with Crippen molar-refractivity contribution in [1.29, 1.82) is 0 Å². The molecule has 0 spiro atoms. The lowest BCUT2D eigenvalue weighted by molar-refractivity contribution is 0.0601. The Bertz CT molecular complexity index is 1450. The van der Waals surface area contributed by atoms with Crippen LogP contribution < -0.4 is 5.32 Å². The van der Waals surface area contributed by atoms with Crippen molar-refractivity contribution in [3.63, 3.8) is 0 Å². The second kappa shape index (κ2) is 9.06. The van der Waals surface area contributed by atoms with Crippen LogP contribution in [-0.4, -0.2) is 46.8 Å². The number of amides is 1. The van der Waals surface area contributed by atoms with Gasteiger partial charge in [-0.25, -0.2) is 14.6 Å². The minimum absolute atomic E-state index is 0.114. The minimum atomic E-state index is -0.662. The number of hydrogen-bond acceptors (Lipinski definition) is 8. The van der Waals surface area contributed by atoms with Crippen molar-refractivity contribution in [2.45, 2.75) is 13.8 Å². The number of aromatic nitrogens is 3. The van der Waals surface area contributed by atoms with Crippen molar-refractivity contribution in [3.8, 4) is 11.3 Å². The summed E-state index contributed by atoms with van der Waals surface area (Å²) in [7, 11) is 4.31. The van der Waals surface area contributed by atoms with Crippen LogP contribution in [0.4, 0.5) is 5.00 Å². The average molecular weight is 479 g/mol. The molecule has 9 nitrogen and oxygen atoms in total.